The van der Waals surface area contributed by atoms with Crippen LogP contribution < -0.4 is 5.32 Å². The van der Waals surface area contributed by atoms with Gasteiger partial charge in [0, 0.05) is 0 Å². The lowest BCUT2D eigenvalue weighted by atomic mass is 10.1. The molecule has 0 heterocycles. The van der Waals surface area contributed by atoms with Gasteiger partial charge in [-0.1, -0.05) is 30.3 Å². The number of alkyl carbamates (subject to hydrolysis) is 1. The second-order valence-electron chi connectivity index (χ2n) is 2.66. The van der Waals surface area contributed by atoms with Crippen LogP contribution in [0, 0.1) is 0 Å². The van der Waals surface area contributed by atoms with Gasteiger partial charge in [0.25, 0.3) is 0 Å². The summed E-state index contributed by atoms with van der Waals surface area (Å²) in [6.07, 6.45) is 0.0395. The van der Waals surface area contributed by atoms with E-state index in [4.69, 9.17) is 0 Å². The van der Waals surface area contributed by atoms with Crippen LogP contribution in [0.25, 0.3) is 0 Å². The Morgan fingerprint density at radius 1 is 1.43 bits per heavy atom. The summed E-state index contributed by atoms with van der Waals surface area (Å²) in [5, 5.41) is 2.40. The van der Waals surface area contributed by atoms with Gasteiger partial charge in [0.1, 0.15) is 12.3 Å². The van der Waals surface area contributed by atoms with Crippen molar-refractivity contribution in [1.29, 1.82) is 0 Å². The molecule has 1 unspecified atom stereocenters. The number of nitrogens with one attached hydrogen (secondary N) is 1. The zero-order valence-electron chi connectivity index (χ0n) is 7.77. The monoisotopic (exact) mass is 193 g/mol. The van der Waals surface area contributed by atoms with Gasteiger partial charge >= 0.3 is 6.09 Å². The number of aldehydes is 1. The van der Waals surface area contributed by atoms with Crippen LogP contribution in [0.2, 0.25) is 0 Å². The van der Waals surface area contributed by atoms with Crippen molar-refractivity contribution in [2.75, 3.05) is 7.11 Å². The lowest BCUT2D eigenvalue weighted by molar-refractivity contribution is -0.109. The third kappa shape index (κ3) is 2.58. The van der Waals surface area contributed by atoms with Gasteiger partial charge in [0.2, 0.25) is 0 Å². The molecule has 0 aliphatic heterocycles. The Morgan fingerprint density at radius 2 is 2.07 bits per heavy atom. The van der Waals surface area contributed by atoms with E-state index < -0.39 is 12.1 Å². The molecule has 0 spiro atoms. The van der Waals surface area contributed by atoms with E-state index in [1.54, 1.807) is 24.3 Å². The third-order valence-corrected chi connectivity index (χ3v) is 1.75. The Balaban J connectivity index is 2.73. The number of hydrogen-bond acceptors (Lipinski definition) is 3. The molecule has 74 valence electrons. The Hall–Kier alpha value is -1.84. The van der Waals surface area contributed by atoms with Gasteiger partial charge in [-0.15, -0.1) is 0 Å². The van der Waals surface area contributed by atoms with Crippen LogP contribution in [0.4, 0.5) is 4.79 Å². The van der Waals surface area contributed by atoms with Crippen LogP contribution in [-0.2, 0) is 9.53 Å². The Morgan fingerprint density at radius 3 is 2.57 bits per heavy atom. The molecule has 14 heavy (non-hydrogen) atoms. The van der Waals surface area contributed by atoms with Gasteiger partial charge in [0.15, 0.2) is 0 Å². The lowest BCUT2D eigenvalue weighted by Crippen LogP contribution is -2.29. The number of amides is 1. The fourth-order valence-corrected chi connectivity index (χ4v) is 1.04. The first kappa shape index (κ1) is 10.2. The highest BCUT2D eigenvalue weighted by Crippen LogP contribution is 2.09. The molecule has 0 bridgehead atoms. The summed E-state index contributed by atoms with van der Waals surface area (Å²) in [5.41, 5.74) is 0.730. The molecule has 1 rings (SSSR count). The molecule has 0 aliphatic carbocycles. The second-order valence-corrected chi connectivity index (χ2v) is 2.66. The molecule has 0 saturated heterocycles. The highest BCUT2D eigenvalue weighted by molar-refractivity contribution is 5.74. The molecule has 0 fully saturated rings. The molecule has 0 radical (unpaired) electrons. The fourth-order valence-electron chi connectivity index (χ4n) is 1.04. The molecule has 1 N–H and O–H groups in total. The number of ether oxygens (including phenoxy) is 1. The topological polar surface area (TPSA) is 55.4 Å². The van der Waals surface area contributed by atoms with Crippen molar-refractivity contribution in [2.24, 2.45) is 0 Å². The van der Waals surface area contributed by atoms with Crippen LogP contribution >= 0.6 is 0 Å². The van der Waals surface area contributed by atoms with Crippen LogP contribution in [0.15, 0.2) is 30.3 Å². The average molecular weight is 193 g/mol. The average Bonchev–Trinajstić information content (AvgIpc) is 2.26. The molecule has 0 saturated carbocycles. The maximum absolute atomic E-state index is 10.9. The molecular weight excluding hydrogens is 182 g/mol. The first-order valence-corrected chi connectivity index (χ1v) is 4.12. The molecule has 1 atom stereocenters. The van der Waals surface area contributed by atoms with Crippen LogP contribution in [0.1, 0.15) is 11.6 Å². The normalized spacial score (nSPS) is 11.5. The summed E-state index contributed by atoms with van der Waals surface area (Å²) >= 11 is 0. The van der Waals surface area contributed by atoms with Crippen molar-refractivity contribution < 1.29 is 14.3 Å². The van der Waals surface area contributed by atoms with Crippen LogP contribution in [0.5, 0.6) is 0 Å². The van der Waals surface area contributed by atoms with Crippen molar-refractivity contribution in [2.45, 2.75) is 6.04 Å². The van der Waals surface area contributed by atoms with Gasteiger partial charge < -0.3 is 14.8 Å². The highest BCUT2D eigenvalue weighted by atomic mass is 16.5. The van der Waals surface area contributed by atoms with E-state index in [9.17, 15) is 9.59 Å². The number of carbonyl (C=O) groups excluding carboxylic acids is 2. The number of hydrogen-bond donors (Lipinski definition) is 1. The summed E-state index contributed by atoms with van der Waals surface area (Å²) in [7, 11) is 1.25. The number of benzene rings is 1. The van der Waals surface area contributed by atoms with Crippen molar-refractivity contribution in [3.63, 3.8) is 0 Å². The SMILES string of the molecule is COC(=O)NC(C=O)c1ccccc1. The summed E-state index contributed by atoms with van der Waals surface area (Å²) in [5.74, 6) is 0. The molecular formula is C10H11NO3. The third-order valence-electron chi connectivity index (χ3n) is 1.75. The maximum Gasteiger partial charge on any atom is 0.407 e. The van der Waals surface area contributed by atoms with Gasteiger partial charge in [-0.3, -0.25) is 0 Å². The molecule has 4 heteroatoms. The van der Waals surface area contributed by atoms with Gasteiger partial charge in [-0.2, -0.15) is 0 Å². The first-order valence-electron chi connectivity index (χ1n) is 4.12. The molecule has 1 aromatic carbocycles. The van der Waals surface area contributed by atoms with Crippen molar-refractivity contribution in [3.05, 3.63) is 35.9 Å². The smallest absolute Gasteiger partial charge is 0.407 e. The van der Waals surface area contributed by atoms with Gasteiger partial charge in [-0.25, -0.2) is 4.79 Å². The largest absolute Gasteiger partial charge is 0.453 e. The zero-order chi connectivity index (χ0) is 10.4. The fraction of sp³-hybridized carbons (Fsp3) is 0.200. The van der Waals surface area contributed by atoms with E-state index in [-0.39, 0.29) is 0 Å². The summed E-state index contributed by atoms with van der Waals surface area (Å²) in [4.78, 5) is 21.5. The Kier molecular flexibility index (Phi) is 3.67. The van der Waals surface area contributed by atoms with Crippen LogP contribution in [0.3, 0.4) is 0 Å². The number of methoxy groups -OCH3 is 1. The maximum atomic E-state index is 10.9. The minimum absolute atomic E-state index is 0.619. The molecule has 0 aliphatic rings. The number of carbonyl (C=O) groups is 2. The van der Waals surface area contributed by atoms with E-state index in [0.717, 1.165) is 5.56 Å². The summed E-state index contributed by atoms with van der Waals surface area (Å²) < 4.78 is 4.40. The van der Waals surface area contributed by atoms with Crippen molar-refractivity contribution in [1.82, 2.24) is 5.32 Å². The molecule has 1 amide bonds. The highest BCUT2D eigenvalue weighted by Gasteiger charge is 2.12. The molecule has 0 aromatic heterocycles. The Labute approximate surface area is 81.9 Å². The van der Waals surface area contributed by atoms with E-state index in [2.05, 4.69) is 10.1 Å². The number of rotatable bonds is 3. The minimum Gasteiger partial charge on any atom is -0.453 e. The predicted molar refractivity (Wildman–Crippen MR) is 50.8 cm³/mol. The molecule has 1 aromatic rings. The van der Waals surface area contributed by atoms with E-state index in [1.165, 1.54) is 7.11 Å². The van der Waals surface area contributed by atoms with E-state index in [0.29, 0.717) is 6.29 Å². The van der Waals surface area contributed by atoms with Crippen molar-refractivity contribution in [3.8, 4) is 0 Å². The zero-order valence-corrected chi connectivity index (χ0v) is 7.77. The summed E-state index contributed by atoms with van der Waals surface area (Å²) in [6, 6.07) is 8.30. The quantitative estimate of drug-likeness (QED) is 0.736. The van der Waals surface area contributed by atoms with Crippen LogP contribution in [-0.4, -0.2) is 19.5 Å². The predicted octanol–water partition coefficient (Wildman–Crippen LogP) is 1.28. The summed E-state index contributed by atoms with van der Waals surface area (Å²) in [6.45, 7) is 0. The Bertz CT molecular complexity index is 310. The van der Waals surface area contributed by atoms with Gasteiger partial charge in [-0.05, 0) is 5.56 Å². The van der Waals surface area contributed by atoms with Gasteiger partial charge in [0.05, 0.1) is 7.11 Å². The second kappa shape index (κ2) is 5.01. The molecule has 4 nitrogen and oxygen atoms in total. The minimum atomic E-state index is -0.649. The standard InChI is InChI=1S/C10H11NO3/c1-14-10(13)11-9(7-12)8-5-3-2-4-6-8/h2-7,9H,1H3,(H,11,13). The van der Waals surface area contributed by atoms with E-state index >= 15 is 0 Å². The first-order chi connectivity index (χ1) is 6.77. The van der Waals surface area contributed by atoms with E-state index in [1.807, 2.05) is 6.07 Å². The van der Waals surface area contributed by atoms with Crippen molar-refractivity contribution >= 4 is 12.4 Å². The lowest BCUT2D eigenvalue weighted by Gasteiger charge is -2.11.